The molecule has 2 aliphatic rings. The summed E-state index contributed by atoms with van der Waals surface area (Å²) in [5.41, 5.74) is 2.00. The van der Waals surface area contributed by atoms with Gasteiger partial charge in [0.15, 0.2) is 0 Å². The van der Waals surface area contributed by atoms with Crippen LogP contribution in [0.25, 0.3) is 0 Å². The maximum Gasteiger partial charge on any atom is 0.256 e. The number of carbonyl (C=O) groups excluding carboxylic acids is 1. The predicted octanol–water partition coefficient (Wildman–Crippen LogP) is 4.66. The Labute approximate surface area is 194 Å². The van der Waals surface area contributed by atoms with Gasteiger partial charge in [-0.3, -0.25) is 4.79 Å². The third-order valence-corrected chi connectivity index (χ3v) is 9.46. The van der Waals surface area contributed by atoms with Crippen LogP contribution in [0.15, 0.2) is 29.2 Å². The first-order valence-corrected chi connectivity index (χ1v) is 13.4. The van der Waals surface area contributed by atoms with Gasteiger partial charge in [-0.05, 0) is 73.3 Å². The Morgan fingerprint density at radius 1 is 1.12 bits per heavy atom. The van der Waals surface area contributed by atoms with Crippen molar-refractivity contribution < 1.29 is 13.2 Å². The first kappa shape index (κ1) is 23.0. The summed E-state index contributed by atoms with van der Waals surface area (Å²) in [7, 11) is -3.59. The number of rotatable bonds is 4. The Morgan fingerprint density at radius 2 is 1.78 bits per heavy atom. The molecule has 32 heavy (non-hydrogen) atoms. The fraction of sp³-hybridized carbons (Fsp3) is 0.500. The number of benzene rings is 1. The largest absolute Gasteiger partial charge is 0.312 e. The maximum absolute atomic E-state index is 13.1. The molecular weight excluding hydrogens is 442 g/mol. The van der Waals surface area contributed by atoms with Gasteiger partial charge in [0.25, 0.3) is 5.91 Å². The molecule has 1 amide bonds. The first-order valence-electron chi connectivity index (χ1n) is 11.1. The zero-order valence-electron chi connectivity index (χ0n) is 18.7. The summed E-state index contributed by atoms with van der Waals surface area (Å²) in [4.78, 5) is 14.2. The second kappa shape index (κ2) is 8.97. The topological polar surface area (TPSA) is 90.3 Å². The fourth-order valence-corrected chi connectivity index (χ4v) is 7.90. The van der Waals surface area contributed by atoms with Gasteiger partial charge in [-0.1, -0.05) is 20.8 Å². The van der Waals surface area contributed by atoms with Crippen molar-refractivity contribution in [3.63, 3.8) is 0 Å². The maximum atomic E-state index is 13.1. The van der Waals surface area contributed by atoms with Gasteiger partial charge in [0.2, 0.25) is 10.0 Å². The SMILES string of the molecule is C[C@@H]1CCc2c(sc(NC(=O)c3ccc(S(=O)(=O)N4C[C@H](C)C[C@@H](C)C4)cc3)c2C#N)C1. The Morgan fingerprint density at radius 3 is 2.41 bits per heavy atom. The summed E-state index contributed by atoms with van der Waals surface area (Å²) in [5.74, 6) is 0.897. The van der Waals surface area contributed by atoms with Crippen LogP contribution in [0.4, 0.5) is 5.00 Å². The van der Waals surface area contributed by atoms with E-state index in [1.807, 2.05) is 0 Å². The molecule has 170 valence electrons. The van der Waals surface area contributed by atoms with Crippen molar-refractivity contribution in [1.29, 1.82) is 5.26 Å². The number of thiophene rings is 1. The molecule has 1 aliphatic heterocycles. The van der Waals surface area contributed by atoms with Gasteiger partial charge >= 0.3 is 0 Å². The van der Waals surface area contributed by atoms with Crippen LogP contribution in [0.2, 0.25) is 0 Å². The normalized spacial score (nSPS) is 23.9. The number of anilines is 1. The van der Waals surface area contributed by atoms with E-state index < -0.39 is 10.0 Å². The molecule has 4 rings (SSSR count). The van der Waals surface area contributed by atoms with Crippen LogP contribution in [0.5, 0.6) is 0 Å². The third-order valence-electron chi connectivity index (χ3n) is 6.44. The van der Waals surface area contributed by atoms with Gasteiger partial charge < -0.3 is 5.32 Å². The monoisotopic (exact) mass is 471 g/mol. The second-order valence-electron chi connectivity index (χ2n) is 9.41. The Hall–Kier alpha value is -2.21. The molecule has 6 nitrogen and oxygen atoms in total. The lowest BCUT2D eigenvalue weighted by Crippen LogP contribution is -2.42. The molecule has 0 spiro atoms. The summed E-state index contributed by atoms with van der Waals surface area (Å²) in [6, 6.07) is 8.34. The van der Waals surface area contributed by atoms with Gasteiger partial charge in [0.1, 0.15) is 11.1 Å². The van der Waals surface area contributed by atoms with E-state index in [9.17, 15) is 18.5 Å². The number of amides is 1. The predicted molar refractivity (Wildman–Crippen MR) is 126 cm³/mol. The van der Waals surface area contributed by atoms with E-state index in [1.54, 1.807) is 16.4 Å². The van der Waals surface area contributed by atoms with Crippen molar-refractivity contribution in [1.82, 2.24) is 4.31 Å². The first-order chi connectivity index (χ1) is 15.2. The molecule has 8 heteroatoms. The second-order valence-corrected chi connectivity index (χ2v) is 12.5. The van der Waals surface area contributed by atoms with Crippen molar-refractivity contribution in [3.8, 4) is 6.07 Å². The number of sulfonamides is 1. The molecule has 1 aromatic heterocycles. The highest BCUT2D eigenvalue weighted by Crippen LogP contribution is 2.39. The lowest BCUT2D eigenvalue weighted by atomic mass is 9.88. The average molecular weight is 472 g/mol. The van der Waals surface area contributed by atoms with Crippen LogP contribution < -0.4 is 5.32 Å². The molecule has 2 aromatic rings. The molecule has 3 atom stereocenters. The van der Waals surface area contributed by atoms with Crippen LogP contribution in [0.3, 0.4) is 0 Å². The van der Waals surface area contributed by atoms with E-state index in [0.29, 0.717) is 47.0 Å². The zero-order valence-corrected chi connectivity index (χ0v) is 20.4. The highest BCUT2D eigenvalue weighted by atomic mass is 32.2. The average Bonchev–Trinajstić information content (AvgIpc) is 3.08. The molecule has 0 radical (unpaired) electrons. The number of piperidine rings is 1. The van der Waals surface area contributed by atoms with Gasteiger partial charge in [-0.15, -0.1) is 11.3 Å². The summed E-state index contributed by atoms with van der Waals surface area (Å²) in [6.07, 6.45) is 3.88. The molecule has 0 bridgehead atoms. The molecule has 1 aromatic carbocycles. The summed E-state index contributed by atoms with van der Waals surface area (Å²) < 4.78 is 27.7. The van der Waals surface area contributed by atoms with Crippen LogP contribution in [0.1, 0.15) is 60.0 Å². The third kappa shape index (κ3) is 4.47. The highest BCUT2D eigenvalue weighted by molar-refractivity contribution is 7.89. The van der Waals surface area contributed by atoms with Gasteiger partial charge in [0.05, 0.1) is 10.5 Å². The minimum atomic E-state index is -3.59. The number of hydrogen-bond acceptors (Lipinski definition) is 5. The quantitative estimate of drug-likeness (QED) is 0.702. The number of nitrogens with zero attached hydrogens (tertiary/aromatic N) is 2. The minimum Gasteiger partial charge on any atom is -0.312 e. The van der Waals surface area contributed by atoms with Crippen LogP contribution in [-0.4, -0.2) is 31.7 Å². The van der Waals surface area contributed by atoms with E-state index in [-0.39, 0.29) is 10.8 Å². The van der Waals surface area contributed by atoms with E-state index in [1.165, 1.54) is 28.3 Å². The zero-order chi connectivity index (χ0) is 23.0. The van der Waals surface area contributed by atoms with E-state index in [2.05, 4.69) is 32.2 Å². The Kier molecular flexibility index (Phi) is 6.44. The molecule has 1 fully saturated rings. The van der Waals surface area contributed by atoms with Gasteiger partial charge in [-0.25, -0.2) is 8.42 Å². The number of nitriles is 1. The fourth-order valence-electron chi connectivity index (χ4n) is 4.86. The summed E-state index contributed by atoms with van der Waals surface area (Å²) in [6.45, 7) is 7.39. The number of fused-ring (bicyclic) bond motifs is 1. The van der Waals surface area contributed by atoms with Crippen LogP contribution >= 0.6 is 11.3 Å². The highest BCUT2D eigenvalue weighted by Gasteiger charge is 2.32. The number of carbonyl (C=O) groups is 1. The lowest BCUT2D eigenvalue weighted by molar-refractivity contribution is 0.102. The van der Waals surface area contributed by atoms with Crippen molar-refractivity contribution in [2.45, 2.75) is 51.3 Å². The summed E-state index contributed by atoms with van der Waals surface area (Å²) >= 11 is 1.48. The van der Waals surface area contributed by atoms with E-state index >= 15 is 0 Å². The lowest BCUT2D eigenvalue weighted by Gasteiger charge is -2.34. The van der Waals surface area contributed by atoms with Crippen LogP contribution in [-0.2, 0) is 22.9 Å². The number of hydrogen-bond donors (Lipinski definition) is 1. The summed E-state index contributed by atoms with van der Waals surface area (Å²) in [5, 5.41) is 13.1. The van der Waals surface area contributed by atoms with E-state index in [4.69, 9.17) is 0 Å². The van der Waals surface area contributed by atoms with Crippen molar-refractivity contribution in [2.24, 2.45) is 17.8 Å². The number of nitrogens with one attached hydrogen (secondary N) is 1. The van der Waals surface area contributed by atoms with Crippen molar-refractivity contribution in [2.75, 3.05) is 18.4 Å². The molecule has 1 N–H and O–H groups in total. The van der Waals surface area contributed by atoms with Gasteiger partial charge in [-0.2, -0.15) is 9.57 Å². The Bertz CT molecular complexity index is 1150. The smallest absolute Gasteiger partial charge is 0.256 e. The molecule has 0 unspecified atom stereocenters. The van der Waals surface area contributed by atoms with Crippen molar-refractivity contribution >= 4 is 32.3 Å². The molecule has 1 saturated heterocycles. The Balaban J connectivity index is 1.51. The van der Waals surface area contributed by atoms with Crippen LogP contribution in [0, 0.1) is 29.1 Å². The van der Waals surface area contributed by atoms with Gasteiger partial charge in [0, 0.05) is 23.5 Å². The molecular formula is C24H29N3O3S2. The van der Waals surface area contributed by atoms with Crippen molar-refractivity contribution in [3.05, 3.63) is 45.8 Å². The van der Waals surface area contributed by atoms with E-state index in [0.717, 1.165) is 31.2 Å². The standard InChI is InChI=1S/C24H29N3O3S2/c1-15-4-9-20-21(12-25)24(31-22(20)11-15)26-23(28)18-5-7-19(8-6-18)32(29,30)27-13-16(2)10-17(3)14-27/h5-8,15-17H,4,9-11,13-14H2,1-3H3,(H,26,28)/t15-,16-,17-/m1/s1. The molecule has 1 aliphatic carbocycles. The molecule has 0 saturated carbocycles. The minimum absolute atomic E-state index is 0.202. The molecule has 2 heterocycles.